The van der Waals surface area contributed by atoms with Gasteiger partial charge in [-0.3, -0.25) is 4.79 Å². The molecule has 18 heavy (non-hydrogen) atoms. The van der Waals surface area contributed by atoms with Crippen LogP contribution in [0.25, 0.3) is 0 Å². The number of carboxylic acids is 1. The van der Waals surface area contributed by atoms with Gasteiger partial charge in [-0.15, -0.1) is 0 Å². The fourth-order valence-corrected chi connectivity index (χ4v) is 1.45. The number of carbonyl (C=O) groups is 2. The van der Waals surface area contributed by atoms with Gasteiger partial charge in [0.1, 0.15) is 6.04 Å². The number of hydrogen-bond donors (Lipinski definition) is 1. The fraction of sp³-hybridized carbons (Fsp3) is 0.273. The standard InChI is InChI=1S/C11H10ClF2NO3/c1-5(11(17)18)15(2)10(16)6-3-8(13)9(14)4-7(6)12/h3-5H,1-2H3,(H,17,18). The van der Waals surface area contributed by atoms with Crippen molar-refractivity contribution in [3.05, 3.63) is 34.4 Å². The monoisotopic (exact) mass is 277 g/mol. The number of amides is 1. The Morgan fingerprint density at radius 1 is 1.33 bits per heavy atom. The summed E-state index contributed by atoms with van der Waals surface area (Å²) < 4.78 is 25.9. The maximum atomic E-state index is 13.0. The Labute approximate surface area is 107 Å². The zero-order valence-electron chi connectivity index (χ0n) is 9.58. The third-order valence-electron chi connectivity index (χ3n) is 2.50. The molecule has 0 bridgehead atoms. The Bertz CT molecular complexity index is 507. The minimum absolute atomic E-state index is 0.275. The highest BCUT2D eigenvalue weighted by molar-refractivity contribution is 6.33. The molecule has 1 rings (SSSR count). The Morgan fingerprint density at radius 2 is 1.83 bits per heavy atom. The van der Waals surface area contributed by atoms with E-state index in [0.29, 0.717) is 12.1 Å². The van der Waals surface area contributed by atoms with Crippen molar-refractivity contribution < 1.29 is 23.5 Å². The molecule has 0 aliphatic heterocycles. The van der Waals surface area contributed by atoms with E-state index in [0.717, 1.165) is 4.90 Å². The van der Waals surface area contributed by atoms with E-state index in [1.165, 1.54) is 14.0 Å². The van der Waals surface area contributed by atoms with Gasteiger partial charge in [-0.25, -0.2) is 13.6 Å². The summed E-state index contributed by atoms with van der Waals surface area (Å²) in [5.41, 5.74) is -0.286. The summed E-state index contributed by atoms with van der Waals surface area (Å²) in [6, 6.07) is 0.204. The van der Waals surface area contributed by atoms with Crippen LogP contribution in [0.3, 0.4) is 0 Å². The van der Waals surface area contributed by atoms with Crippen LogP contribution in [0.1, 0.15) is 17.3 Å². The summed E-state index contributed by atoms with van der Waals surface area (Å²) >= 11 is 5.62. The largest absolute Gasteiger partial charge is 0.480 e. The van der Waals surface area contributed by atoms with E-state index >= 15 is 0 Å². The molecule has 0 saturated carbocycles. The molecule has 0 radical (unpaired) electrons. The SMILES string of the molecule is CC(C(=O)O)N(C)C(=O)c1cc(F)c(F)cc1Cl. The van der Waals surface area contributed by atoms with Crippen molar-refractivity contribution in [3.63, 3.8) is 0 Å². The topological polar surface area (TPSA) is 57.6 Å². The molecule has 0 saturated heterocycles. The van der Waals surface area contributed by atoms with E-state index in [1.54, 1.807) is 0 Å². The van der Waals surface area contributed by atoms with Gasteiger partial charge >= 0.3 is 5.97 Å². The van der Waals surface area contributed by atoms with E-state index in [9.17, 15) is 18.4 Å². The number of carboxylic acid groups (broad SMARTS) is 1. The van der Waals surface area contributed by atoms with Crippen LogP contribution < -0.4 is 0 Å². The van der Waals surface area contributed by atoms with E-state index in [4.69, 9.17) is 16.7 Å². The van der Waals surface area contributed by atoms with Gasteiger partial charge in [-0.1, -0.05) is 11.6 Å². The molecule has 0 aliphatic rings. The van der Waals surface area contributed by atoms with E-state index in [2.05, 4.69) is 0 Å². The lowest BCUT2D eigenvalue weighted by Crippen LogP contribution is -2.40. The Hall–Kier alpha value is -1.69. The highest BCUT2D eigenvalue weighted by Crippen LogP contribution is 2.21. The molecule has 0 heterocycles. The second-order valence-corrected chi connectivity index (χ2v) is 4.08. The van der Waals surface area contributed by atoms with Crippen LogP contribution in [0.4, 0.5) is 8.78 Å². The van der Waals surface area contributed by atoms with Crippen molar-refractivity contribution in [1.82, 2.24) is 4.90 Å². The average molecular weight is 278 g/mol. The zero-order chi connectivity index (χ0) is 14.0. The lowest BCUT2D eigenvalue weighted by molar-refractivity contribution is -0.141. The molecule has 7 heteroatoms. The van der Waals surface area contributed by atoms with Crippen molar-refractivity contribution in [2.45, 2.75) is 13.0 Å². The predicted octanol–water partition coefficient (Wildman–Crippen LogP) is 2.16. The number of aliphatic carboxylic acids is 1. The first kappa shape index (κ1) is 14.4. The summed E-state index contributed by atoms with van der Waals surface area (Å²) in [7, 11) is 1.23. The second-order valence-electron chi connectivity index (χ2n) is 3.68. The van der Waals surface area contributed by atoms with E-state index in [-0.39, 0.29) is 10.6 Å². The van der Waals surface area contributed by atoms with Crippen LogP contribution >= 0.6 is 11.6 Å². The smallest absolute Gasteiger partial charge is 0.326 e. The van der Waals surface area contributed by atoms with Gasteiger partial charge < -0.3 is 10.0 Å². The van der Waals surface area contributed by atoms with Crippen molar-refractivity contribution in [3.8, 4) is 0 Å². The van der Waals surface area contributed by atoms with Gasteiger partial charge in [-0.05, 0) is 19.1 Å². The maximum absolute atomic E-state index is 13.0. The molecule has 0 fully saturated rings. The quantitative estimate of drug-likeness (QED) is 0.862. The molecule has 4 nitrogen and oxygen atoms in total. The minimum Gasteiger partial charge on any atom is -0.480 e. The Kier molecular flexibility index (Phi) is 4.24. The minimum atomic E-state index is -1.22. The van der Waals surface area contributed by atoms with Crippen LogP contribution in [-0.2, 0) is 4.79 Å². The van der Waals surface area contributed by atoms with Gasteiger partial charge in [0.2, 0.25) is 0 Å². The third kappa shape index (κ3) is 2.76. The maximum Gasteiger partial charge on any atom is 0.326 e. The van der Waals surface area contributed by atoms with Crippen molar-refractivity contribution in [1.29, 1.82) is 0 Å². The lowest BCUT2D eigenvalue weighted by atomic mass is 10.1. The van der Waals surface area contributed by atoms with Crippen LogP contribution in [-0.4, -0.2) is 35.0 Å². The molecule has 0 aliphatic carbocycles. The van der Waals surface area contributed by atoms with Crippen molar-refractivity contribution in [2.75, 3.05) is 7.05 Å². The highest BCUT2D eigenvalue weighted by Gasteiger charge is 2.25. The highest BCUT2D eigenvalue weighted by atomic mass is 35.5. The molecule has 1 atom stereocenters. The number of nitrogens with zero attached hydrogens (tertiary/aromatic N) is 1. The van der Waals surface area contributed by atoms with Crippen LogP contribution in [0, 0.1) is 11.6 Å². The van der Waals surface area contributed by atoms with Crippen molar-refractivity contribution in [2.24, 2.45) is 0 Å². The summed E-state index contributed by atoms with van der Waals surface area (Å²) in [6.07, 6.45) is 0. The summed E-state index contributed by atoms with van der Waals surface area (Å²) in [5, 5.41) is 8.48. The summed E-state index contributed by atoms with van der Waals surface area (Å²) in [6.45, 7) is 1.29. The number of hydrogen-bond acceptors (Lipinski definition) is 2. The van der Waals surface area contributed by atoms with E-state index in [1.807, 2.05) is 0 Å². The molecule has 98 valence electrons. The summed E-state index contributed by atoms with van der Waals surface area (Å²) in [4.78, 5) is 23.5. The number of carbonyl (C=O) groups excluding carboxylic acids is 1. The number of rotatable bonds is 3. The van der Waals surface area contributed by atoms with Gasteiger partial charge in [0.05, 0.1) is 10.6 Å². The molecule has 1 amide bonds. The molecule has 1 N–H and O–H groups in total. The Morgan fingerprint density at radius 3 is 2.33 bits per heavy atom. The van der Waals surface area contributed by atoms with Crippen LogP contribution in [0.15, 0.2) is 12.1 Å². The first-order valence-corrected chi connectivity index (χ1v) is 5.28. The zero-order valence-corrected chi connectivity index (χ0v) is 10.3. The van der Waals surface area contributed by atoms with Gasteiger partial charge in [0, 0.05) is 7.05 Å². The van der Waals surface area contributed by atoms with Crippen LogP contribution in [0.5, 0.6) is 0 Å². The number of likely N-dealkylation sites (N-methyl/N-ethyl adjacent to an activating group) is 1. The molecule has 1 aromatic rings. The number of benzene rings is 1. The molecular formula is C11H10ClF2NO3. The second kappa shape index (κ2) is 5.30. The normalized spacial score (nSPS) is 12.1. The first-order chi connectivity index (χ1) is 8.25. The Balaban J connectivity index is 3.11. The first-order valence-electron chi connectivity index (χ1n) is 4.90. The van der Waals surface area contributed by atoms with Gasteiger partial charge in [0.15, 0.2) is 11.6 Å². The van der Waals surface area contributed by atoms with Gasteiger partial charge in [-0.2, -0.15) is 0 Å². The predicted molar refractivity (Wildman–Crippen MR) is 60.6 cm³/mol. The molecule has 1 unspecified atom stereocenters. The lowest BCUT2D eigenvalue weighted by Gasteiger charge is -2.22. The van der Waals surface area contributed by atoms with Gasteiger partial charge in [0.25, 0.3) is 5.91 Å². The molecule has 1 aromatic carbocycles. The summed E-state index contributed by atoms with van der Waals surface area (Å²) in [5.74, 6) is -4.41. The molecule has 0 spiro atoms. The molecule has 0 aromatic heterocycles. The third-order valence-corrected chi connectivity index (χ3v) is 2.81. The van der Waals surface area contributed by atoms with Crippen LogP contribution in [0.2, 0.25) is 5.02 Å². The average Bonchev–Trinajstić information content (AvgIpc) is 2.30. The fourth-order valence-electron chi connectivity index (χ4n) is 1.22. The molecular weight excluding hydrogens is 268 g/mol. The van der Waals surface area contributed by atoms with Crippen molar-refractivity contribution >= 4 is 23.5 Å². The van der Waals surface area contributed by atoms with E-state index < -0.39 is 29.6 Å². The number of halogens is 3.